The Bertz CT molecular complexity index is 1120. The molecule has 3 aromatic rings. The lowest BCUT2D eigenvalue weighted by molar-refractivity contribution is 0.751. The minimum atomic E-state index is 0.203. The molecule has 0 bridgehead atoms. The summed E-state index contributed by atoms with van der Waals surface area (Å²) in [5, 5.41) is 13.2. The normalized spacial score (nSPS) is 18.2. The van der Waals surface area contributed by atoms with E-state index in [-0.39, 0.29) is 6.04 Å². The van der Waals surface area contributed by atoms with Crippen molar-refractivity contribution in [3.8, 4) is 11.4 Å². The lowest BCUT2D eigenvalue weighted by atomic mass is 10.1. The van der Waals surface area contributed by atoms with Crippen molar-refractivity contribution in [2.24, 2.45) is 17.8 Å². The van der Waals surface area contributed by atoms with Crippen LogP contribution in [0.25, 0.3) is 24.0 Å². The van der Waals surface area contributed by atoms with Crippen LogP contribution in [0, 0.1) is 0 Å². The second kappa shape index (κ2) is 7.40. The van der Waals surface area contributed by atoms with E-state index in [0.717, 1.165) is 58.6 Å². The summed E-state index contributed by atoms with van der Waals surface area (Å²) in [6.07, 6.45) is 6.67. The highest BCUT2D eigenvalue weighted by Crippen LogP contribution is 2.20. The van der Waals surface area contributed by atoms with Crippen LogP contribution < -0.4 is 21.2 Å². The molecule has 3 aromatic heterocycles. The Morgan fingerprint density at radius 2 is 2.29 bits per heavy atom. The first kappa shape index (κ1) is 18.1. The number of nitrogens with one attached hydrogen (secondary N) is 1. The fourth-order valence-electron chi connectivity index (χ4n) is 3.43. The summed E-state index contributed by atoms with van der Waals surface area (Å²) >= 11 is 0. The zero-order chi connectivity index (χ0) is 19.7. The van der Waals surface area contributed by atoms with E-state index in [1.54, 1.807) is 17.9 Å². The van der Waals surface area contributed by atoms with E-state index in [4.69, 9.17) is 10.7 Å². The van der Waals surface area contributed by atoms with E-state index < -0.39 is 0 Å². The number of aromatic amines is 1. The first-order valence-electron chi connectivity index (χ1n) is 9.24. The summed E-state index contributed by atoms with van der Waals surface area (Å²) in [5.41, 5.74) is 9.33. The van der Waals surface area contributed by atoms with Crippen molar-refractivity contribution >= 4 is 24.2 Å². The largest absolute Gasteiger partial charge is 0.355 e. The molecule has 3 N–H and O–H groups in total. The smallest absolute Gasteiger partial charge is 0.129 e. The van der Waals surface area contributed by atoms with Crippen LogP contribution in [-0.4, -0.2) is 56.9 Å². The van der Waals surface area contributed by atoms with Crippen LogP contribution in [0.15, 0.2) is 35.6 Å². The van der Waals surface area contributed by atoms with Crippen LogP contribution in [-0.2, 0) is 7.05 Å². The maximum atomic E-state index is 6.05. The SMILES string of the molecule is C=c1[nH]nc(-c2cccc(N3CC[C@@H](N)C3)n2)/c1=C/C(=N\C)c1cnn(C)c1. The molecule has 4 rings (SSSR count). The molecule has 0 spiro atoms. The van der Waals surface area contributed by atoms with Gasteiger partial charge in [-0.3, -0.25) is 14.8 Å². The van der Waals surface area contributed by atoms with Crippen molar-refractivity contribution in [2.75, 3.05) is 25.0 Å². The third-order valence-electron chi connectivity index (χ3n) is 4.93. The molecule has 1 aliphatic heterocycles. The standard InChI is InChI=1S/C20H24N8/c1-13-16(9-18(22-2)14-10-23-27(3)11-14)20(26-25-13)17-5-4-6-19(24-17)28-8-7-15(21)12-28/h4-6,9-11,15,25H,1,7-8,12,21H2,2-3H3/b16-9+,22-18+/t15-/m1/s1. The molecule has 28 heavy (non-hydrogen) atoms. The molecule has 1 saturated heterocycles. The molecule has 8 heteroatoms. The summed E-state index contributed by atoms with van der Waals surface area (Å²) in [6, 6.07) is 6.17. The second-order valence-electron chi connectivity index (χ2n) is 7.00. The van der Waals surface area contributed by atoms with Gasteiger partial charge in [0.25, 0.3) is 0 Å². The van der Waals surface area contributed by atoms with Gasteiger partial charge in [-0.15, -0.1) is 0 Å². The molecule has 1 atom stereocenters. The summed E-state index contributed by atoms with van der Waals surface area (Å²) < 4.78 is 1.75. The van der Waals surface area contributed by atoms with Crippen LogP contribution >= 0.6 is 0 Å². The number of hydrogen-bond donors (Lipinski definition) is 2. The van der Waals surface area contributed by atoms with Gasteiger partial charge in [0, 0.05) is 50.2 Å². The minimum Gasteiger partial charge on any atom is -0.355 e. The molecule has 1 fully saturated rings. The molecule has 144 valence electrons. The summed E-state index contributed by atoms with van der Waals surface area (Å²) in [7, 11) is 3.64. The maximum absolute atomic E-state index is 6.05. The van der Waals surface area contributed by atoms with E-state index >= 15 is 0 Å². The van der Waals surface area contributed by atoms with Crippen LogP contribution in [0.5, 0.6) is 0 Å². The Hall–Kier alpha value is -3.26. The van der Waals surface area contributed by atoms with E-state index in [1.807, 2.05) is 37.5 Å². The molecule has 0 saturated carbocycles. The van der Waals surface area contributed by atoms with Crippen molar-refractivity contribution in [1.29, 1.82) is 0 Å². The molecule has 0 radical (unpaired) electrons. The van der Waals surface area contributed by atoms with E-state index in [0.29, 0.717) is 0 Å². The van der Waals surface area contributed by atoms with E-state index in [9.17, 15) is 0 Å². The highest BCUT2D eigenvalue weighted by Gasteiger charge is 2.20. The lowest BCUT2D eigenvalue weighted by Crippen LogP contribution is -2.27. The zero-order valence-corrected chi connectivity index (χ0v) is 16.1. The third-order valence-corrected chi connectivity index (χ3v) is 4.93. The number of nitrogens with zero attached hydrogens (tertiary/aromatic N) is 6. The number of pyridine rings is 1. The zero-order valence-electron chi connectivity index (χ0n) is 16.1. The predicted octanol–water partition coefficient (Wildman–Crippen LogP) is 0.0525. The molecule has 8 nitrogen and oxygen atoms in total. The van der Waals surface area contributed by atoms with Gasteiger partial charge in [0.1, 0.15) is 11.5 Å². The minimum absolute atomic E-state index is 0.203. The van der Waals surface area contributed by atoms with Crippen molar-refractivity contribution in [3.63, 3.8) is 0 Å². The highest BCUT2D eigenvalue weighted by molar-refractivity contribution is 6.20. The van der Waals surface area contributed by atoms with Crippen molar-refractivity contribution in [2.45, 2.75) is 12.5 Å². The Balaban J connectivity index is 1.76. The maximum Gasteiger partial charge on any atom is 0.129 e. The fourth-order valence-corrected chi connectivity index (χ4v) is 3.43. The Morgan fingerprint density at radius 1 is 1.43 bits per heavy atom. The number of anilines is 1. The molecule has 0 unspecified atom stereocenters. The number of aryl methyl sites for hydroxylation is 1. The average molecular weight is 376 g/mol. The van der Waals surface area contributed by atoms with Gasteiger partial charge in [-0.25, -0.2) is 4.98 Å². The summed E-state index contributed by atoms with van der Waals surface area (Å²) in [5.74, 6) is 0.918. The monoisotopic (exact) mass is 376 g/mol. The number of rotatable bonds is 4. The van der Waals surface area contributed by atoms with Crippen LogP contribution in [0.1, 0.15) is 12.0 Å². The van der Waals surface area contributed by atoms with Crippen molar-refractivity contribution in [3.05, 3.63) is 46.7 Å². The van der Waals surface area contributed by atoms with Gasteiger partial charge in [-0.2, -0.15) is 10.2 Å². The molecule has 4 heterocycles. The summed E-state index contributed by atoms with van der Waals surface area (Å²) in [4.78, 5) is 11.4. The van der Waals surface area contributed by atoms with Crippen LogP contribution in [0.3, 0.4) is 0 Å². The van der Waals surface area contributed by atoms with E-state index in [2.05, 4.69) is 31.8 Å². The van der Waals surface area contributed by atoms with Crippen LogP contribution in [0.4, 0.5) is 5.82 Å². The molecule has 1 aliphatic rings. The highest BCUT2D eigenvalue weighted by atomic mass is 15.2. The average Bonchev–Trinajstić information content (AvgIpc) is 3.41. The van der Waals surface area contributed by atoms with Gasteiger partial charge < -0.3 is 10.6 Å². The number of hydrogen-bond acceptors (Lipinski definition) is 6. The van der Waals surface area contributed by atoms with Gasteiger partial charge in [-0.1, -0.05) is 12.6 Å². The van der Waals surface area contributed by atoms with Crippen LogP contribution in [0.2, 0.25) is 0 Å². The molecule has 0 aromatic carbocycles. The van der Waals surface area contributed by atoms with Gasteiger partial charge >= 0.3 is 0 Å². The first-order chi connectivity index (χ1) is 13.5. The van der Waals surface area contributed by atoms with Gasteiger partial charge in [0.2, 0.25) is 0 Å². The predicted molar refractivity (Wildman–Crippen MR) is 112 cm³/mol. The molecule has 0 aliphatic carbocycles. The van der Waals surface area contributed by atoms with E-state index in [1.165, 1.54) is 0 Å². The molecular formula is C20H24N8. The Morgan fingerprint density at radius 3 is 2.96 bits per heavy atom. The van der Waals surface area contributed by atoms with Gasteiger partial charge in [-0.05, 0) is 24.6 Å². The fraction of sp³-hybridized carbons (Fsp3) is 0.300. The Kier molecular flexibility index (Phi) is 4.79. The number of nitrogens with two attached hydrogens (primary N) is 1. The number of H-pyrrole nitrogens is 1. The lowest BCUT2D eigenvalue weighted by Gasteiger charge is -2.17. The topological polar surface area (TPSA) is 101 Å². The summed E-state index contributed by atoms with van der Waals surface area (Å²) in [6.45, 7) is 5.83. The molecule has 0 amide bonds. The quantitative estimate of drug-likeness (QED) is 0.627. The number of aromatic nitrogens is 5. The van der Waals surface area contributed by atoms with Crippen molar-refractivity contribution in [1.82, 2.24) is 25.0 Å². The Labute approximate surface area is 163 Å². The van der Waals surface area contributed by atoms with Gasteiger partial charge in [0.05, 0.1) is 23.0 Å². The van der Waals surface area contributed by atoms with Gasteiger partial charge in [0.15, 0.2) is 0 Å². The second-order valence-corrected chi connectivity index (χ2v) is 7.00. The van der Waals surface area contributed by atoms with Crippen molar-refractivity contribution < 1.29 is 0 Å². The first-order valence-corrected chi connectivity index (χ1v) is 9.24. The molecular weight excluding hydrogens is 352 g/mol. The third kappa shape index (κ3) is 3.46. The number of aliphatic imine (C=N–C) groups is 1.